The lowest BCUT2D eigenvalue weighted by Crippen LogP contribution is -2.19. The van der Waals surface area contributed by atoms with Crippen LogP contribution in [0.5, 0.6) is 0 Å². The van der Waals surface area contributed by atoms with Crippen molar-refractivity contribution in [1.82, 2.24) is 9.55 Å². The van der Waals surface area contributed by atoms with Gasteiger partial charge in [-0.15, -0.1) is 6.58 Å². The monoisotopic (exact) mass is 295 g/mol. The molecule has 22 heavy (non-hydrogen) atoms. The number of hydrogen-bond donors (Lipinski definition) is 1. The van der Waals surface area contributed by atoms with Crippen molar-refractivity contribution in [2.24, 2.45) is 5.73 Å². The van der Waals surface area contributed by atoms with Crippen LogP contribution in [0, 0.1) is 5.82 Å². The van der Waals surface area contributed by atoms with Gasteiger partial charge in [0.1, 0.15) is 11.6 Å². The summed E-state index contributed by atoms with van der Waals surface area (Å²) in [5.74, 6) is 0.461. The highest BCUT2D eigenvalue weighted by atomic mass is 19.1. The van der Waals surface area contributed by atoms with Gasteiger partial charge < -0.3 is 10.3 Å². The molecule has 3 nitrogen and oxygen atoms in total. The van der Waals surface area contributed by atoms with Crippen molar-refractivity contribution in [2.75, 3.05) is 0 Å². The Labute approximate surface area is 128 Å². The number of fused-ring (bicyclic) bond motifs is 1. The second-order valence-electron chi connectivity index (χ2n) is 5.30. The molecular formula is C18H18FN3. The number of allylic oxidation sites excluding steroid dienone is 1. The summed E-state index contributed by atoms with van der Waals surface area (Å²) in [4.78, 5) is 4.54. The summed E-state index contributed by atoms with van der Waals surface area (Å²) in [6.07, 6.45) is 2.48. The molecule has 0 aliphatic carbocycles. The molecule has 0 amide bonds. The number of halogens is 1. The number of aromatic nitrogens is 2. The van der Waals surface area contributed by atoms with E-state index in [1.54, 1.807) is 12.1 Å². The first-order chi connectivity index (χ1) is 10.7. The van der Waals surface area contributed by atoms with Gasteiger partial charge >= 0.3 is 0 Å². The molecule has 0 fully saturated rings. The Kier molecular flexibility index (Phi) is 4.02. The van der Waals surface area contributed by atoms with Gasteiger partial charge in [-0.25, -0.2) is 9.37 Å². The van der Waals surface area contributed by atoms with Crippen LogP contribution in [0.25, 0.3) is 11.0 Å². The number of imidazole rings is 1. The summed E-state index contributed by atoms with van der Waals surface area (Å²) in [7, 11) is 0. The molecule has 1 aromatic heterocycles. The maximum atomic E-state index is 13.4. The fourth-order valence-electron chi connectivity index (χ4n) is 2.68. The van der Waals surface area contributed by atoms with Crippen LogP contribution >= 0.6 is 0 Å². The minimum absolute atomic E-state index is 0.252. The van der Waals surface area contributed by atoms with E-state index in [0.717, 1.165) is 16.9 Å². The summed E-state index contributed by atoms with van der Waals surface area (Å²) in [6, 6.07) is 14.4. The lowest BCUT2D eigenvalue weighted by atomic mass is 10.1. The van der Waals surface area contributed by atoms with Crippen molar-refractivity contribution in [2.45, 2.75) is 19.0 Å². The summed E-state index contributed by atoms with van der Waals surface area (Å²) >= 11 is 0. The molecule has 1 atom stereocenters. The molecule has 0 saturated carbocycles. The maximum Gasteiger partial charge on any atom is 0.127 e. The van der Waals surface area contributed by atoms with Crippen molar-refractivity contribution in [3.05, 3.63) is 78.4 Å². The molecule has 1 heterocycles. The largest absolute Gasteiger partial charge is 0.323 e. The predicted molar refractivity (Wildman–Crippen MR) is 87.0 cm³/mol. The highest BCUT2D eigenvalue weighted by Crippen LogP contribution is 2.23. The zero-order valence-corrected chi connectivity index (χ0v) is 12.2. The van der Waals surface area contributed by atoms with E-state index in [1.165, 1.54) is 12.1 Å². The minimum Gasteiger partial charge on any atom is -0.323 e. The molecule has 0 radical (unpaired) electrons. The lowest BCUT2D eigenvalue weighted by molar-refractivity contribution is 0.623. The average molecular weight is 295 g/mol. The summed E-state index contributed by atoms with van der Waals surface area (Å²) in [5, 5.41) is 0. The number of benzene rings is 2. The van der Waals surface area contributed by atoms with E-state index in [1.807, 2.05) is 34.9 Å². The number of rotatable bonds is 5. The third kappa shape index (κ3) is 2.78. The lowest BCUT2D eigenvalue weighted by Gasteiger charge is -2.13. The first-order valence-corrected chi connectivity index (χ1v) is 7.25. The Morgan fingerprint density at radius 3 is 2.73 bits per heavy atom. The molecule has 0 bridgehead atoms. The van der Waals surface area contributed by atoms with Gasteiger partial charge in [0.25, 0.3) is 0 Å². The highest BCUT2D eigenvalue weighted by molar-refractivity contribution is 5.76. The van der Waals surface area contributed by atoms with Gasteiger partial charge in [0.05, 0.1) is 17.1 Å². The van der Waals surface area contributed by atoms with Crippen molar-refractivity contribution in [3.63, 3.8) is 0 Å². The zero-order valence-electron chi connectivity index (χ0n) is 12.2. The Balaban J connectivity index is 2.01. The molecule has 1 unspecified atom stereocenters. The SMILES string of the molecule is C=CCn1c(C(N)Cc2ccccc2)nc2cc(F)ccc21. The third-order valence-corrected chi connectivity index (χ3v) is 3.68. The Morgan fingerprint density at radius 1 is 1.23 bits per heavy atom. The molecule has 3 rings (SSSR count). The Hall–Kier alpha value is -2.46. The first-order valence-electron chi connectivity index (χ1n) is 7.25. The van der Waals surface area contributed by atoms with E-state index >= 15 is 0 Å². The quantitative estimate of drug-likeness (QED) is 0.731. The van der Waals surface area contributed by atoms with E-state index in [9.17, 15) is 4.39 Å². The fraction of sp³-hybridized carbons (Fsp3) is 0.167. The van der Waals surface area contributed by atoms with Crippen LogP contribution < -0.4 is 5.73 Å². The van der Waals surface area contributed by atoms with Crippen molar-refractivity contribution >= 4 is 11.0 Å². The highest BCUT2D eigenvalue weighted by Gasteiger charge is 2.17. The minimum atomic E-state index is -0.293. The van der Waals surface area contributed by atoms with Crippen LogP contribution in [0.2, 0.25) is 0 Å². The molecule has 3 aromatic rings. The molecular weight excluding hydrogens is 277 g/mol. The third-order valence-electron chi connectivity index (χ3n) is 3.68. The molecule has 0 spiro atoms. The van der Waals surface area contributed by atoms with Crippen LogP contribution in [-0.2, 0) is 13.0 Å². The van der Waals surface area contributed by atoms with E-state index in [4.69, 9.17) is 5.73 Å². The molecule has 2 aromatic carbocycles. The van der Waals surface area contributed by atoms with Crippen molar-refractivity contribution in [1.29, 1.82) is 0 Å². The van der Waals surface area contributed by atoms with Crippen LogP contribution in [0.4, 0.5) is 4.39 Å². The fourth-order valence-corrected chi connectivity index (χ4v) is 2.68. The molecule has 4 heteroatoms. The van der Waals surface area contributed by atoms with Crippen molar-refractivity contribution < 1.29 is 4.39 Å². The van der Waals surface area contributed by atoms with Gasteiger partial charge in [-0.2, -0.15) is 0 Å². The Morgan fingerprint density at radius 2 is 2.00 bits per heavy atom. The van der Waals surface area contributed by atoms with Crippen molar-refractivity contribution in [3.8, 4) is 0 Å². The van der Waals surface area contributed by atoms with Gasteiger partial charge in [-0.3, -0.25) is 0 Å². The summed E-state index contributed by atoms with van der Waals surface area (Å²) < 4.78 is 15.4. The van der Waals surface area contributed by atoms with E-state index < -0.39 is 0 Å². The molecule has 0 aliphatic heterocycles. The maximum absolute atomic E-state index is 13.4. The van der Waals surface area contributed by atoms with Crippen LogP contribution in [-0.4, -0.2) is 9.55 Å². The van der Waals surface area contributed by atoms with Gasteiger partial charge in [0, 0.05) is 12.6 Å². The smallest absolute Gasteiger partial charge is 0.127 e. The number of nitrogens with zero attached hydrogens (tertiary/aromatic N) is 2. The zero-order chi connectivity index (χ0) is 15.5. The van der Waals surface area contributed by atoms with Gasteiger partial charge in [-0.1, -0.05) is 36.4 Å². The normalized spacial score (nSPS) is 12.5. The van der Waals surface area contributed by atoms with E-state index in [-0.39, 0.29) is 11.9 Å². The molecule has 2 N–H and O–H groups in total. The van der Waals surface area contributed by atoms with Gasteiger partial charge in [-0.05, 0) is 24.1 Å². The van der Waals surface area contributed by atoms with Crippen LogP contribution in [0.3, 0.4) is 0 Å². The topological polar surface area (TPSA) is 43.8 Å². The van der Waals surface area contributed by atoms with E-state index in [0.29, 0.717) is 18.5 Å². The number of hydrogen-bond acceptors (Lipinski definition) is 2. The molecule has 112 valence electrons. The number of nitrogens with two attached hydrogens (primary N) is 1. The first kappa shape index (κ1) is 14.5. The second-order valence-corrected chi connectivity index (χ2v) is 5.30. The van der Waals surface area contributed by atoms with Crippen LogP contribution in [0.1, 0.15) is 17.4 Å². The molecule has 0 aliphatic rings. The predicted octanol–water partition coefficient (Wildman–Crippen LogP) is 3.60. The van der Waals surface area contributed by atoms with Gasteiger partial charge in [0.15, 0.2) is 0 Å². The van der Waals surface area contributed by atoms with E-state index in [2.05, 4.69) is 11.6 Å². The summed E-state index contributed by atoms with van der Waals surface area (Å²) in [5.41, 5.74) is 9.00. The average Bonchev–Trinajstić information content (AvgIpc) is 2.87. The Bertz CT molecular complexity index is 793. The van der Waals surface area contributed by atoms with Crippen LogP contribution in [0.15, 0.2) is 61.2 Å². The summed E-state index contributed by atoms with van der Waals surface area (Å²) in [6.45, 7) is 4.38. The second kappa shape index (κ2) is 6.12. The molecule has 0 saturated heterocycles. The van der Waals surface area contributed by atoms with Gasteiger partial charge in [0.2, 0.25) is 0 Å². The standard InChI is InChI=1S/C18H18FN3/c1-2-10-22-17-9-8-14(19)12-16(17)21-18(22)15(20)11-13-6-4-3-5-7-13/h2-9,12,15H,1,10-11,20H2.